The summed E-state index contributed by atoms with van der Waals surface area (Å²) < 4.78 is 7.55. The summed E-state index contributed by atoms with van der Waals surface area (Å²) in [5.41, 5.74) is 7.17. The molecular weight excluding hydrogens is 402 g/mol. The Morgan fingerprint density at radius 2 is 0.970 bits per heavy atom. The molecule has 0 saturated heterocycles. The van der Waals surface area contributed by atoms with Gasteiger partial charge in [0.25, 0.3) is 0 Å². The molecule has 0 aliphatic heterocycles. The van der Waals surface area contributed by atoms with Crippen LogP contribution in [0.5, 0.6) is 0 Å². The van der Waals surface area contributed by atoms with Crippen LogP contribution >= 0.6 is 0 Å². The van der Waals surface area contributed by atoms with Crippen molar-refractivity contribution in [1.82, 2.24) is 13.7 Å². The van der Waals surface area contributed by atoms with Gasteiger partial charge in [-0.15, -0.1) is 0 Å². The molecule has 0 unspecified atom stereocenters. The molecule has 0 bridgehead atoms. The second kappa shape index (κ2) is 8.25. The summed E-state index contributed by atoms with van der Waals surface area (Å²) in [4.78, 5) is 0. The Balaban J connectivity index is 2.07. The molecule has 3 aromatic heterocycles. The Hall–Kier alpha value is -2.16. The van der Waals surface area contributed by atoms with Crippen LogP contribution in [0.4, 0.5) is 0 Å². The molecule has 3 rings (SSSR count). The highest BCUT2D eigenvalue weighted by molar-refractivity contribution is 5.31. The fourth-order valence-electron chi connectivity index (χ4n) is 5.24. The van der Waals surface area contributed by atoms with Gasteiger partial charge in [-0.2, -0.15) is 0 Å². The summed E-state index contributed by atoms with van der Waals surface area (Å²) in [5, 5.41) is 0. The van der Waals surface area contributed by atoms with Crippen LogP contribution in [0.15, 0.2) is 42.6 Å². The Morgan fingerprint density at radius 3 is 1.42 bits per heavy atom. The van der Waals surface area contributed by atoms with Crippen LogP contribution in [0.1, 0.15) is 112 Å². The standard InChI is InChI=1S/C30H47N3/c1-27(2,3)26-18-17-25(33(26)30(10,11)12)21-24-16-15-23(32(24)29(7,8)9)20-22-14-13-19-31(22)28(4,5)6/h13-19H,20-21H2,1-12H3. The molecule has 0 aliphatic carbocycles. The van der Waals surface area contributed by atoms with Gasteiger partial charge in [-0.05, 0) is 98.7 Å². The molecule has 0 N–H and O–H groups in total. The summed E-state index contributed by atoms with van der Waals surface area (Å²) in [5.74, 6) is 0. The summed E-state index contributed by atoms with van der Waals surface area (Å²) in [6, 6.07) is 13.8. The van der Waals surface area contributed by atoms with Crippen LogP contribution in [-0.4, -0.2) is 13.7 Å². The number of rotatable bonds is 4. The van der Waals surface area contributed by atoms with Gasteiger partial charge in [0.05, 0.1) is 0 Å². The maximum absolute atomic E-state index is 2.57. The van der Waals surface area contributed by atoms with Crippen LogP contribution in [0.25, 0.3) is 0 Å². The number of nitrogens with zero attached hydrogens (tertiary/aromatic N) is 3. The second-order valence-electron chi connectivity index (χ2n) is 13.7. The topological polar surface area (TPSA) is 14.8 Å². The molecule has 0 fully saturated rings. The fourth-order valence-corrected chi connectivity index (χ4v) is 5.24. The molecular formula is C30H47N3. The molecule has 0 amide bonds. The average Bonchev–Trinajstić information content (AvgIpc) is 3.31. The van der Waals surface area contributed by atoms with Gasteiger partial charge >= 0.3 is 0 Å². The van der Waals surface area contributed by atoms with Crippen molar-refractivity contribution < 1.29 is 0 Å². The molecule has 3 heterocycles. The van der Waals surface area contributed by atoms with E-state index in [4.69, 9.17) is 0 Å². The van der Waals surface area contributed by atoms with Crippen LogP contribution in [0, 0.1) is 0 Å². The predicted molar refractivity (Wildman–Crippen MR) is 143 cm³/mol. The molecule has 3 aromatic rings. The third-order valence-corrected chi connectivity index (χ3v) is 6.39. The van der Waals surface area contributed by atoms with E-state index in [2.05, 4.69) is 139 Å². The van der Waals surface area contributed by atoms with E-state index in [0.29, 0.717) is 0 Å². The van der Waals surface area contributed by atoms with Crippen molar-refractivity contribution in [2.45, 2.75) is 118 Å². The zero-order chi connectivity index (χ0) is 25.0. The van der Waals surface area contributed by atoms with E-state index < -0.39 is 0 Å². The van der Waals surface area contributed by atoms with Crippen molar-refractivity contribution in [3.05, 3.63) is 71.1 Å². The van der Waals surface area contributed by atoms with Gasteiger partial charge in [0.15, 0.2) is 0 Å². The highest BCUT2D eigenvalue weighted by atomic mass is 15.1. The summed E-state index contributed by atoms with van der Waals surface area (Å²) >= 11 is 0. The fraction of sp³-hybridized carbons (Fsp3) is 0.600. The molecule has 0 aliphatic rings. The van der Waals surface area contributed by atoms with E-state index in [0.717, 1.165) is 12.8 Å². The van der Waals surface area contributed by atoms with Gasteiger partial charge < -0.3 is 13.7 Å². The first-order valence-corrected chi connectivity index (χ1v) is 12.5. The Kier molecular flexibility index (Phi) is 6.37. The Bertz CT molecular complexity index is 1090. The summed E-state index contributed by atoms with van der Waals surface area (Å²) in [6.07, 6.45) is 4.09. The quantitative estimate of drug-likeness (QED) is 0.385. The molecule has 3 nitrogen and oxygen atoms in total. The third kappa shape index (κ3) is 5.34. The molecule has 182 valence electrons. The summed E-state index contributed by atoms with van der Waals surface area (Å²) in [7, 11) is 0. The minimum absolute atomic E-state index is 0.0132. The first-order chi connectivity index (χ1) is 14.9. The van der Waals surface area contributed by atoms with E-state index in [1.54, 1.807) is 0 Å². The molecule has 33 heavy (non-hydrogen) atoms. The smallest absolute Gasteiger partial charge is 0.0361 e. The largest absolute Gasteiger partial charge is 0.346 e. The van der Waals surface area contributed by atoms with E-state index in [9.17, 15) is 0 Å². The average molecular weight is 450 g/mol. The number of aromatic nitrogens is 3. The van der Waals surface area contributed by atoms with Gasteiger partial charge in [-0.3, -0.25) is 0 Å². The first-order valence-electron chi connectivity index (χ1n) is 12.5. The third-order valence-electron chi connectivity index (χ3n) is 6.39. The van der Waals surface area contributed by atoms with Crippen molar-refractivity contribution in [3.8, 4) is 0 Å². The highest BCUT2D eigenvalue weighted by Crippen LogP contribution is 2.33. The maximum Gasteiger partial charge on any atom is 0.0361 e. The lowest BCUT2D eigenvalue weighted by molar-refractivity contribution is 0.346. The van der Waals surface area contributed by atoms with E-state index in [1.165, 1.54) is 28.5 Å². The van der Waals surface area contributed by atoms with E-state index >= 15 is 0 Å². The zero-order valence-corrected chi connectivity index (χ0v) is 23.3. The maximum atomic E-state index is 2.57. The minimum Gasteiger partial charge on any atom is -0.346 e. The first kappa shape index (κ1) is 25.5. The Labute approximate surface area is 202 Å². The lowest BCUT2D eigenvalue weighted by Gasteiger charge is -2.33. The molecule has 0 radical (unpaired) electrons. The SMILES string of the molecule is CC(C)(C)c1ccc(Cc2ccc(Cc3cccn3C(C)(C)C)n2C(C)(C)C)n1C(C)(C)C. The zero-order valence-electron chi connectivity index (χ0n) is 23.3. The monoisotopic (exact) mass is 449 g/mol. The number of hydrogen-bond acceptors (Lipinski definition) is 0. The summed E-state index contributed by atoms with van der Waals surface area (Å²) in [6.45, 7) is 27.7. The van der Waals surface area contributed by atoms with Gasteiger partial charge in [0, 0.05) is 69.5 Å². The van der Waals surface area contributed by atoms with Crippen LogP contribution in [-0.2, 0) is 34.9 Å². The normalized spacial score (nSPS) is 13.7. The van der Waals surface area contributed by atoms with E-state index in [1.807, 2.05) is 0 Å². The molecule has 0 saturated carbocycles. The lowest BCUT2D eigenvalue weighted by atomic mass is 9.91. The van der Waals surface area contributed by atoms with Crippen molar-refractivity contribution in [3.63, 3.8) is 0 Å². The van der Waals surface area contributed by atoms with Crippen LogP contribution in [0.2, 0.25) is 0 Å². The van der Waals surface area contributed by atoms with Crippen molar-refractivity contribution in [2.24, 2.45) is 0 Å². The molecule has 0 spiro atoms. The molecule has 0 atom stereocenters. The number of hydrogen-bond donors (Lipinski definition) is 0. The highest BCUT2D eigenvalue weighted by Gasteiger charge is 2.28. The molecule has 0 aromatic carbocycles. The lowest BCUT2D eigenvalue weighted by Crippen LogP contribution is -2.31. The van der Waals surface area contributed by atoms with Crippen molar-refractivity contribution >= 4 is 0 Å². The van der Waals surface area contributed by atoms with Crippen molar-refractivity contribution in [1.29, 1.82) is 0 Å². The predicted octanol–water partition coefficient (Wildman–Crippen LogP) is 7.84. The van der Waals surface area contributed by atoms with Crippen LogP contribution in [0.3, 0.4) is 0 Å². The van der Waals surface area contributed by atoms with Crippen molar-refractivity contribution in [2.75, 3.05) is 0 Å². The molecule has 3 heteroatoms. The second-order valence-corrected chi connectivity index (χ2v) is 13.7. The van der Waals surface area contributed by atoms with Gasteiger partial charge in [0.1, 0.15) is 0 Å². The van der Waals surface area contributed by atoms with Gasteiger partial charge in [0.2, 0.25) is 0 Å². The Morgan fingerprint density at radius 1 is 0.515 bits per heavy atom. The minimum atomic E-state index is 0.0132. The van der Waals surface area contributed by atoms with Crippen LogP contribution < -0.4 is 0 Å². The van der Waals surface area contributed by atoms with Gasteiger partial charge in [-0.25, -0.2) is 0 Å². The van der Waals surface area contributed by atoms with E-state index in [-0.39, 0.29) is 22.0 Å². The van der Waals surface area contributed by atoms with Gasteiger partial charge in [-0.1, -0.05) is 20.8 Å².